The Kier molecular flexibility index (Phi) is 11.0. The summed E-state index contributed by atoms with van der Waals surface area (Å²) < 4.78 is 17.6. The first-order valence-electron chi connectivity index (χ1n) is 13.6. The Morgan fingerprint density at radius 3 is 2.44 bits per heavy atom. The Bertz CT molecular complexity index is 1340. The first-order valence-corrected chi connectivity index (χ1v) is 14.8. The van der Waals surface area contributed by atoms with Crippen LogP contribution < -0.4 is 19.1 Å². The summed E-state index contributed by atoms with van der Waals surface area (Å²) in [6, 6.07) is 21.4. The molecule has 0 radical (unpaired) electrons. The summed E-state index contributed by atoms with van der Waals surface area (Å²) in [5.74, 6) is 0.263. The van der Waals surface area contributed by atoms with E-state index < -0.39 is 18.0 Å². The average molecular weight is 578 g/mol. The zero-order chi connectivity index (χ0) is 29.0. The number of hydrogen-bond donors (Lipinski definition) is 2. The van der Waals surface area contributed by atoms with E-state index in [0.717, 1.165) is 46.1 Å². The highest BCUT2D eigenvalue weighted by atomic mass is 32.2. The maximum atomic E-state index is 11.7. The number of carboxylic acids is 2. The summed E-state index contributed by atoms with van der Waals surface area (Å²) in [7, 11) is 0. The second-order valence-electron chi connectivity index (χ2n) is 9.54. The summed E-state index contributed by atoms with van der Waals surface area (Å²) in [5.41, 5.74) is 2.47. The maximum Gasteiger partial charge on any atom is 0.346 e. The molecule has 0 spiro atoms. The molecule has 1 aliphatic rings. The Labute approximate surface area is 244 Å². The molecule has 216 valence electrons. The number of ether oxygens (including phenoxy) is 3. The smallest absolute Gasteiger partial charge is 0.346 e. The minimum Gasteiger partial charge on any atom is -0.494 e. The number of aliphatic carboxylic acids is 2. The molecule has 41 heavy (non-hydrogen) atoms. The second-order valence-corrected chi connectivity index (χ2v) is 10.4. The lowest BCUT2D eigenvalue weighted by Gasteiger charge is -2.35. The van der Waals surface area contributed by atoms with Gasteiger partial charge >= 0.3 is 11.9 Å². The van der Waals surface area contributed by atoms with Gasteiger partial charge in [0.2, 0.25) is 6.10 Å². The number of hydrogen-bond acceptors (Lipinski definition) is 7. The highest BCUT2D eigenvalue weighted by molar-refractivity contribution is 7.98. The van der Waals surface area contributed by atoms with Crippen LogP contribution in [0.3, 0.4) is 0 Å². The molecule has 2 N–H and O–H groups in total. The molecule has 3 aromatic rings. The molecule has 8 nitrogen and oxygen atoms in total. The zero-order valence-corrected chi connectivity index (χ0v) is 23.8. The molecular formula is C32H35NO7S. The van der Waals surface area contributed by atoms with Gasteiger partial charge in [-0.25, -0.2) is 4.79 Å². The van der Waals surface area contributed by atoms with E-state index in [1.165, 1.54) is 0 Å². The number of rotatable bonds is 15. The lowest BCUT2D eigenvalue weighted by molar-refractivity contribution is -0.145. The number of nitrogens with zero attached hydrogens (tertiary/aromatic N) is 1. The summed E-state index contributed by atoms with van der Waals surface area (Å²) in [5, 5.41) is 18.6. The van der Waals surface area contributed by atoms with E-state index in [1.54, 1.807) is 11.8 Å². The van der Waals surface area contributed by atoms with Crippen molar-refractivity contribution < 1.29 is 34.0 Å². The number of carboxylic acid groups (broad SMARTS) is 2. The molecule has 0 saturated heterocycles. The van der Waals surface area contributed by atoms with E-state index in [1.807, 2.05) is 84.0 Å². The molecule has 0 bridgehead atoms. The van der Waals surface area contributed by atoms with E-state index in [-0.39, 0.29) is 13.0 Å². The van der Waals surface area contributed by atoms with Crippen molar-refractivity contribution >= 4 is 41.5 Å². The molecule has 0 saturated carbocycles. The topological polar surface area (TPSA) is 106 Å². The quantitative estimate of drug-likeness (QED) is 0.122. The van der Waals surface area contributed by atoms with Crippen molar-refractivity contribution in [3.05, 3.63) is 77.9 Å². The lowest BCUT2D eigenvalue weighted by Crippen LogP contribution is -2.45. The van der Waals surface area contributed by atoms with Crippen LogP contribution in [0.15, 0.2) is 71.6 Å². The molecule has 0 fully saturated rings. The Morgan fingerprint density at radius 2 is 1.71 bits per heavy atom. The molecule has 0 aliphatic carbocycles. The van der Waals surface area contributed by atoms with Crippen molar-refractivity contribution in [2.75, 3.05) is 37.5 Å². The number of fused-ring (bicyclic) bond motifs is 1. The van der Waals surface area contributed by atoms with E-state index in [2.05, 4.69) is 6.07 Å². The minimum absolute atomic E-state index is 0.0194. The summed E-state index contributed by atoms with van der Waals surface area (Å²) in [6.45, 7) is 1.84. The fourth-order valence-corrected chi connectivity index (χ4v) is 5.01. The lowest BCUT2D eigenvalue weighted by atomic mass is 10.1. The number of para-hydroxylation sites is 2. The number of benzene rings is 3. The molecule has 0 amide bonds. The zero-order valence-electron chi connectivity index (χ0n) is 23.0. The fraction of sp³-hybridized carbons (Fsp3) is 0.312. The fourth-order valence-electron chi connectivity index (χ4n) is 4.47. The van der Waals surface area contributed by atoms with Crippen LogP contribution in [0, 0.1) is 0 Å². The van der Waals surface area contributed by atoms with Gasteiger partial charge in [-0.15, -0.1) is 11.8 Å². The number of thioether (sulfide) groups is 1. The monoisotopic (exact) mass is 577 g/mol. The van der Waals surface area contributed by atoms with E-state index >= 15 is 0 Å². The number of unbranched alkanes of at least 4 members (excludes halogenated alkanes) is 1. The van der Waals surface area contributed by atoms with Crippen LogP contribution in [0.25, 0.3) is 12.2 Å². The van der Waals surface area contributed by atoms with Gasteiger partial charge in [0.05, 0.1) is 25.4 Å². The normalized spacial score (nSPS) is 14.4. The van der Waals surface area contributed by atoms with Crippen molar-refractivity contribution in [2.24, 2.45) is 0 Å². The van der Waals surface area contributed by atoms with Crippen LogP contribution in [0.5, 0.6) is 17.2 Å². The van der Waals surface area contributed by atoms with Crippen LogP contribution in [0.4, 0.5) is 5.69 Å². The molecule has 3 aromatic carbocycles. The van der Waals surface area contributed by atoms with Gasteiger partial charge in [-0.2, -0.15) is 0 Å². The van der Waals surface area contributed by atoms with Gasteiger partial charge in [0, 0.05) is 23.4 Å². The van der Waals surface area contributed by atoms with Gasteiger partial charge in [0.1, 0.15) is 11.5 Å². The van der Waals surface area contributed by atoms with E-state index in [4.69, 9.17) is 19.3 Å². The van der Waals surface area contributed by atoms with Crippen molar-refractivity contribution in [2.45, 2.75) is 36.7 Å². The molecular weight excluding hydrogens is 542 g/mol. The standard InChI is InChI=1S/C32H35NO7S/c1-41-29-11-3-2-10-27(29)39-21-5-4-20-38-25-17-14-23(15-18-25)13-16-24-8-6-9-26-31(24)40-28(32(36)37)22-33(26)19-7-12-30(34)35/h2-3,6,8-11,13-18,28H,4-5,7,12,19-22H2,1H3,(H,34,35)(H,36,37)/b16-13+. The Morgan fingerprint density at radius 1 is 0.951 bits per heavy atom. The maximum absolute atomic E-state index is 11.7. The first kappa shape index (κ1) is 29.9. The van der Waals surface area contributed by atoms with Gasteiger partial charge in [-0.05, 0) is 61.4 Å². The van der Waals surface area contributed by atoms with Crippen molar-refractivity contribution in [3.63, 3.8) is 0 Å². The molecule has 1 unspecified atom stereocenters. The highest BCUT2D eigenvalue weighted by Crippen LogP contribution is 2.38. The number of anilines is 1. The van der Waals surface area contributed by atoms with E-state index in [0.29, 0.717) is 31.9 Å². The van der Waals surface area contributed by atoms with Crippen molar-refractivity contribution in [1.82, 2.24) is 0 Å². The van der Waals surface area contributed by atoms with Crippen molar-refractivity contribution in [3.8, 4) is 17.2 Å². The Hall–Kier alpha value is -4.11. The van der Waals surface area contributed by atoms with Crippen LogP contribution in [0.2, 0.25) is 0 Å². The number of carbonyl (C=O) groups is 2. The van der Waals surface area contributed by atoms with Crippen LogP contribution in [-0.4, -0.2) is 60.8 Å². The third-order valence-electron chi connectivity index (χ3n) is 6.58. The third kappa shape index (κ3) is 8.69. The molecule has 9 heteroatoms. The van der Waals surface area contributed by atoms with Gasteiger partial charge in [-0.1, -0.05) is 48.6 Å². The summed E-state index contributed by atoms with van der Waals surface area (Å²) in [4.78, 5) is 25.7. The minimum atomic E-state index is -1.05. The molecule has 4 rings (SSSR count). The SMILES string of the molecule is CSc1ccccc1OCCCCOc1ccc(/C=C/c2cccc3c2OC(C(=O)O)CN3CCCC(=O)O)cc1. The van der Waals surface area contributed by atoms with Crippen LogP contribution >= 0.6 is 11.8 Å². The second kappa shape index (κ2) is 15.0. The third-order valence-corrected chi connectivity index (χ3v) is 7.35. The predicted molar refractivity (Wildman–Crippen MR) is 161 cm³/mol. The molecule has 1 heterocycles. The summed E-state index contributed by atoms with van der Waals surface area (Å²) >= 11 is 1.67. The average Bonchev–Trinajstić information content (AvgIpc) is 2.98. The highest BCUT2D eigenvalue weighted by Gasteiger charge is 2.31. The Balaban J connectivity index is 1.30. The van der Waals surface area contributed by atoms with Gasteiger partial charge in [0.15, 0.2) is 5.75 Å². The van der Waals surface area contributed by atoms with Gasteiger partial charge < -0.3 is 29.3 Å². The van der Waals surface area contributed by atoms with Gasteiger partial charge in [-0.3, -0.25) is 4.79 Å². The van der Waals surface area contributed by atoms with E-state index in [9.17, 15) is 14.7 Å². The molecule has 1 atom stereocenters. The molecule has 1 aliphatic heterocycles. The van der Waals surface area contributed by atoms with Gasteiger partial charge in [0.25, 0.3) is 0 Å². The molecule has 0 aromatic heterocycles. The van der Waals surface area contributed by atoms with Crippen LogP contribution in [0.1, 0.15) is 36.8 Å². The summed E-state index contributed by atoms with van der Waals surface area (Å²) in [6.07, 6.45) is 7.05. The predicted octanol–water partition coefficient (Wildman–Crippen LogP) is 6.33. The largest absolute Gasteiger partial charge is 0.494 e. The van der Waals surface area contributed by atoms with Crippen LogP contribution in [-0.2, 0) is 9.59 Å². The van der Waals surface area contributed by atoms with Crippen molar-refractivity contribution in [1.29, 1.82) is 0 Å². The first-order chi connectivity index (χ1) is 19.9.